The van der Waals surface area contributed by atoms with Crippen molar-refractivity contribution < 1.29 is 9.59 Å². The maximum atomic E-state index is 13.2. The number of carbonyl (C=O) groups is 2. The fourth-order valence-electron chi connectivity index (χ4n) is 4.11. The van der Waals surface area contributed by atoms with E-state index < -0.39 is 0 Å². The maximum absolute atomic E-state index is 13.2. The molecule has 3 aromatic rings. The SMILES string of the molecule is CC(C)=CC(=O)NCc1ccc(C(=O)N2CCC[C@H]2Cn2cnc3ccccc32)cc1. The molecule has 1 fully saturated rings. The largest absolute Gasteiger partial charge is 0.348 e. The van der Waals surface area contributed by atoms with Crippen LogP contribution in [0.5, 0.6) is 0 Å². The minimum absolute atomic E-state index is 0.0621. The van der Waals surface area contributed by atoms with E-state index in [2.05, 4.69) is 20.9 Å². The number of nitrogens with one attached hydrogen (secondary N) is 1. The number of fused-ring (bicyclic) bond motifs is 1. The smallest absolute Gasteiger partial charge is 0.254 e. The molecule has 0 bridgehead atoms. The highest BCUT2D eigenvalue weighted by Gasteiger charge is 2.30. The first-order valence-electron chi connectivity index (χ1n) is 10.7. The van der Waals surface area contributed by atoms with Crippen molar-refractivity contribution in [1.82, 2.24) is 19.8 Å². The second-order valence-corrected chi connectivity index (χ2v) is 8.32. The Morgan fingerprint density at radius 2 is 1.90 bits per heavy atom. The number of para-hydroxylation sites is 2. The normalized spacial score (nSPS) is 15.8. The molecule has 1 aliphatic heterocycles. The average molecular weight is 417 g/mol. The highest BCUT2D eigenvalue weighted by Crippen LogP contribution is 2.23. The summed E-state index contributed by atoms with van der Waals surface area (Å²) < 4.78 is 2.14. The van der Waals surface area contributed by atoms with Crippen LogP contribution in [0.25, 0.3) is 11.0 Å². The number of hydrogen-bond acceptors (Lipinski definition) is 3. The molecule has 0 aliphatic carbocycles. The molecule has 1 aliphatic rings. The summed E-state index contributed by atoms with van der Waals surface area (Å²) in [5.41, 5.74) is 4.69. The Morgan fingerprint density at radius 1 is 1.13 bits per heavy atom. The van der Waals surface area contributed by atoms with Gasteiger partial charge in [-0.1, -0.05) is 29.8 Å². The Hall–Kier alpha value is -3.41. The summed E-state index contributed by atoms with van der Waals surface area (Å²) in [6, 6.07) is 15.8. The van der Waals surface area contributed by atoms with E-state index in [9.17, 15) is 9.59 Å². The van der Waals surface area contributed by atoms with Crippen LogP contribution in [-0.4, -0.2) is 38.9 Å². The lowest BCUT2D eigenvalue weighted by Crippen LogP contribution is -2.38. The number of likely N-dealkylation sites (tertiary alicyclic amines) is 1. The van der Waals surface area contributed by atoms with Gasteiger partial charge in [-0.3, -0.25) is 9.59 Å². The molecule has 31 heavy (non-hydrogen) atoms. The third kappa shape index (κ3) is 4.85. The number of hydrogen-bond donors (Lipinski definition) is 1. The van der Waals surface area contributed by atoms with E-state index in [0.717, 1.165) is 48.1 Å². The molecule has 0 spiro atoms. The van der Waals surface area contributed by atoms with Crippen molar-refractivity contribution in [3.63, 3.8) is 0 Å². The predicted molar refractivity (Wildman–Crippen MR) is 122 cm³/mol. The van der Waals surface area contributed by atoms with Crippen LogP contribution in [0.1, 0.15) is 42.6 Å². The van der Waals surface area contributed by atoms with Gasteiger partial charge in [0.05, 0.1) is 23.4 Å². The number of nitrogens with zero attached hydrogens (tertiary/aromatic N) is 3. The van der Waals surface area contributed by atoms with Crippen molar-refractivity contribution in [2.75, 3.05) is 6.54 Å². The van der Waals surface area contributed by atoms with Crippen LogP contribution in [0.2, 0.25) is 0 Å². The first kappa shape index (κ1) is 20.8. The predicted octanol–water partition coefficient (Wildman–Crippen LogP) is 3.92. The van der Waals surface area contributed by atoms with E-state index in [1.54, 1.807) is 6.08 Å². The Bertz CT molecular complexity index is 1110. The van der Waals surface area contributed by atoms with Crippen molar-refractivity contribution in [2.24, 2.45) is 0 Å². The van der Waals surface area contributed by atoms with Gasteiger partial charge in [-0.15, -0.1) is 0 Å². The van der Waals surface area contributed by atoms with Crippen LogP contribution in [0.3, 0.4) is 0 Å². The highest BCUT2D eigenvalue weighted by atomic mass is 16.2. The first-order valence-corrected chi connectivity index (χ1v) is 10.7. The van der Waals surface area contributed by atoms with Crippen LogP contribution in [-0.2, 0) is 17.9 Å². The van der Waals surface area contributed by atoms with Crippen LogP contribution in [0.4, 0.5) is 0 Å². The van der Waals surface area contributed by atoms with E-state index in [-0.39, 0.29) is 17.9 Å². The first-order chi connectivity index (χ1) is 15.0. The minimum Gasteiger partial charge on any atom is -0.348 e. The summed E-state index contributed by atoms with van der Waals surface area (Å²) >= 11 is 0. The lowest BCUT2D eigenvalue weighted by Gasteiger charge is -2.25. The topological polar surface area (TPSA) is 67.2 Å². The molecule has 4 rings (SSSR count). The van der Waals surface area contributed by atoms with Crippen molar-refractivity contribution in [1.29, 1.82) is 0 Å². The van der Waals surface area contributed by atoms with Gasteiger partial charge in [-0.05, 0) is 56.5 Å². The number of imidazole rings is 1. The molecular weight excluding hydrogens is 388 g/mol. The lowest BCUT2D eigenvalue weighted by atomic mass is 10.1. The molecular formula is C25H28N4O2. The molecule has 0 radical (unpaired) electrons. The van der Waals surface area contributed by atoms with Crippen molar-refractivity contribution in [2.45, 2.75) is 45.8 Å². The summed E-state index contributed by atoms with van der Waals surface area (Å²) in [7, 11) is 0. The van der Waals surface area contributed by atoms with Crippen LogP contribution >= 0.6 is 0 Å². The Kier molecular flexibility index (Phi) is 6.16. The highest BCUT2D eigenvalue weighted by molar-refractivity contribution is 5.94. The molecule has 6 nitrogen and oxygen atoms in total. The summed E-state index contributed by atoms with van der Waals surface area (Å²) in [5.74, 6) is -0.0425. The fraction of sp³-hybridized carbons (Fsp3) is 0.320. The quantitative estimate of drug-likeness (QED) is 0.619. The molecule has 6 heteroatoms. The molecule has 2 amide bonds. The number of aromatic nitrogens is 2. The molecule has 0 saturated carbocycles. The van der Waals surface area contributed by atoms with E-state index in [1.807, 2.05) is 67.5 Å². The van der Waals surface area contributed by atoms with Gasteiger partial charge < -0.3 is 14.8 Å². The van der Waals surface area contributed by atoms with Crippen molar-refractivity contribution >= 4 is 22.8 Å². The summed E-state index contributed by atoms with van der Waals surface area (Å²) in [4.78, 5) is 31.4. The van der Waals surface area contributed by atoms with Crippen molar-refractivity contribution in [3.8, 4) is 0 Å². The van der Waals surface area contributed by atoms with E-state index in [1.165, 1.54) is 0 Å². The number of carbonyl (C=O) groups excluding carboxylic acids is 2. The third-order valence-corrected chi connectivity index (χ3v) is 5.66. The number of benzene rings is 2. The third-order valence-electron chi connectivity index (χ3n) is 5.66. The summed E-state index contributed by atoms with van der Waals surface area (Å²) in [6.45, 7) is 5.75. The molecule has 160 valence electrons. The Labute approximate surface area is 182 Å². The Balaban J connectivity index is 1.41. The zero-order valence-electron chi connectivity index (χ0n) is 18.0. The molecule has 2 aromatic carbocycles. The summed E-state index contributed by atoms with van der Waals surface area (Å²) in [6.07, 6.45) is 5.45. The number of rotatable bonds is 6. The van der Waals surface area contributed by atoms with Gasteiger partial charge in [-0.25, -0.2) is 4.98 Å². The van der Waals surface area contributed by atoms with E-state index >= 15 is 0 Å². The number of allylic oxidation sites excluding steroid dienone is 1. The maximum Gasteiger partial charge on any atom is 0.254 e. The van der Waals surface area contributed by atoms with Gasteiger partial charge in [0, 0.05) is 31.3 Å². The van der Waals surface area contributed by atoms with E-state index in [4.69, 9.17) is 0 Å². The zero-order chi connectivity index (χ0) is 21.8. The molecule has 2 heterocycles. The van der Waals surface area contributed by atoms with Crippen LogP contribution in [0.15, 0.2) is 66.5 Å². The monoisotopic (exact) mass is 416 g/mol. The molecule has 0 unspecified atom stereocenters. The Morgan fingerprint density at radius 3 is 2.68 bits per heavy atom. The second kappa shape index (κ2) is 9.16. The van der Waals surface area contributed by atoms with Gasteiger partial charge in [0.25, 0.3) is 5.91 Å². The molecule has 1 aromatic heterocycles. The zero-order valence-corrected chi connectivity index (χ0v) is 18.0. The van der Waals surface area contributed by atoms with Gasteiger partial charge in [0.2, 0.25) is 5.91 Å². The second-order valence-electron chi connectivity index (χ2n) is 8.32. The van der Waals surface area contributed by atoms with Gasteiger partial charge in [-0.2, -0.15) is 0 Å². The summed E-state index contributed by atoms with van der Waals surface area (Å²) in [5, 5.41) is 2.86. The van der Waals surface area contributed by atoms with Crippen LogP contribution in [0, 0.1) is 0 Å². The number of amides is 2. The minimum atomic E-state index is -0.105. The average Bonchev–Trinajstić information content (AvgIpc) is 3.39. The standard InChI is InChI=1S/C25H28N4O2/c1-18(2)14-24(30)26-15-19-9-11-20(12-10-19)25(31)29-13-5-6-21(29)16-28-17-27-22-7-3-4-8-23(22)28/h3-4,7-12,14,17,21H,5-6,13,15-16H2,1-2H3,(H,26,30)/t21-/m0/s1. The van der Waals surface area contributed by atoms with Gasteiger partial charge >= 0.3 is 0 Å². The van der Waals surface area contributed by atoms with Gasteiger partial charge in [0.1, 0.15) is 0 Å². The van der Waals surface area contributed by atoms with Crippen LogP contribution < -0.4 is 5.32 Å². The molecule has 1 N–H and O–H groups in total. The fourth-order valence-corrected chi connectivity index (χ4v) is 4.11. The van der Waals surface area contributed by atoms with E-state index in [0.29, 0.717) is 12.1 Å². The lowest BCUT2D eigenvalue weighted by molar-refractivity contribution is -0.116. The van der Waals surface area contributed by atoms with Crippen molar-refractivity contribution in [3.05, 3.63) is 77.6 Å². The molecule has 1 saturated heterocycles. The van der Waals surface area contributed by atoms with Gasteiger partial charge in [0.15, 0.2) is 0 Å². The molecule has 1 atom stereocenters.